The zero-order chi connectivity index (χ0) is 15.0. The summed E-state index contributed by atoms with van der Waals surface area (Å²) in [6, 6.07) is 12.1. The predicted octanol–water partition coefficient (Wildman–Crippen LogP) is 3.12. The average Bonchev–Trinajstić information content (AvgIpc) is 2.40. The molecule has 1 rings (SSSR count). The van der Waals surface area contributed by atoms with Gasteiger partial charge in [0.25, 0.3) is 0 Å². The van der Waals surface area contributed by atoms with Gasteiger partial charge in [-0.15, -0.1) is 0 Å². The molecular weight excluding hydrogens is 250 g/mol. The van der Waals surface area contributed by atoms with E-state index in [0.717, 1.165) is 23.3 Å². The van der Waals surface area contributed by atoms with Crippen LogP contribution in [0.5, 0.6) is 5.75 Å². The lowest BCUT2D eigenvalue weighted by Gasteiger charge is -2.06. The molecule has 0 aromatic heterocycles. The molecule has 1 amide bonds. The summed E-state index contributed by atoms with van der Waals surface area (Å²) in [4.78, 5) is 10.9. The maximum atomic E-state index is 10.9. The highest BCUT2D eigenvalue weighted by Gasteiger charge is 1.99. The molecule has 0 aliphatic heterocycles. The number of hydrogen-bond donors (Lipinski definition) is 1. The third-order valence-electron chi connectivity index (χ3n) is 3.10. The Balaban J connectivity index is 3.16. The number of carbonyl (C=O) groups excluding carboxylic acids is 1. The van der Waals surface area contributed by atoms with Gasteiger partial charge in [0.05, 0.1) is 7.11 Å². The van der Waals surface area contributed by atoms with Crippen LogP contribution in [0.3, 0.4) is 0 Å². The van der Waals surface area contributed by atoms with Crippen LogP contribution in [0.2, 0.25) is 0 Å². The van der Waals surface area contributed by atoms with E-state index in [4.69, 9.17) is 4.74 Å². The van der Waals surface area contributed by atoms with Gasteiger partial charge in [-0.2, -0.15) is 0 Å². The summed E-state index contributed by atoms with van der Waals surface area (Å²) in [5.41, 5.74) is 3.42. The van der Waals surface area contributed by atoms with Crippen molar-refractivity contribution in [3.8, 4) is 5.75 Å². The molecule has 108 valence electrons. The molecule has 3 heteroatoms. The standard InChI is InChI=1S/C17H23NO2/c1-13-8-6-5-7-9-16(10-11-18-15(3)19)14(2)12-17(13)20-4/h5-9,12H,10-11H2,1-4H3,(H,18,19). The highest BCUT2D eigenvalue weighted by Crippen LogP contribution is 2.17. The summed E-state index contributed by atoms with van der Waals surface area (Å²) in [6.45, 7) is 6.26. The van der Waals surface area contributed by atoms with Crippen LogP contribution >= 0.6 is 0 Å². The van der Waals surface area contributed by atoms with Gasteiger partial charge in [-0.1, -0.05) is 30.3 Å². The van der Waals surface area contributed by atoms with Crippen LogP contribution in [-0.4, -0.2) is 19.6 Å². The Bertz CT molecular complexity index is 523. The van der Waals surface area contributed by atoms with Crippen molar-refractivity contribution < 1.29 is 9.53 Å². The molecule has 0 saturated heterocycles. The van der Waals surface area contributed by atoms with Crippen molar-refractivity contribution in [2.45, 2.75) is 27.2 Å². The van der Waals surface area contributed by atoms with Gasteiger partial charge < -0.3 is 10.1 Å². The fraction of sp³-hybridized carbons (Fsp3) is 0.353. The van der Waals surface area contributed by atoms with E-state index in [1.165, 1.54) is 12.5 Å². The number of nitrogens with one attached hydrogen (secondary N) is 1. The fourth-order valence-electron chi connectivity index (χ4n) is 1.93. The van der Waals surface area contributed by atoms with Crippen LogP contribution < -0.4 is 10.1 Å². The van der Waals surface area contributed by atoms with Crippen molar-refractivity contribution in [3.05, 3.63) is 53.1 Å². The molecule has 3 nitrogen and oxygen atoms in total. The summed E-state index contributed by atoms with van der Waals surface area (Å²) < 4.78 is 5.43. The van der Waals surface area contributed by atoms with E-state index in [0.29, 0.717) is 6.54 Å². The highest BCUT2D eigenvalue weighted by molar-refractivity contribution is 5.72. The Labute approximate surface area is 121 Å². The third kappa shape index (κ3) is 5.31. The van der Waals surface area contributed by atoms with E-state index in [9.17, 15) is 4.79 Å². The van der Waals surface area contributed by atoms with Gasteiger partial charge >= 0.3 is 0 Å². The molecule has 0 heterocycles. The molecular formula is C17H23NO2. The molecule has 1 N–H and O–H groups in total. The van der Waals surface area contributed by atoms with Gasteiger partial charge in [-0.05, 0) is 43.0 Å². The first-order valence-corrected chi connectivity index (χ1v) is 6.76. The lowest BCUT2D eigenvalue weighted by atomic mass is 10.1. The number of hydrogen-bond acceptors (Lipinski definition) is 2. The first kappa shape index (κ1) is 16.0. The Morgan fingerprint density at radius 1 is 1.15 bits per heavy atom. The second kappa shape index (κ2) is 8.20. The second-order valence-electron chi connectivity index (χ2n) is 4.75. The van der Waals surface area contributed by atoms with Crippen molar-refractivity contribution in [1.82, 2.24) is 5.32 Å². The first-order chi connectivity index (χ1) is 9.54. The minimum atomic E-state index is -0.00102. The summed E-state index contributed by atoms with van der Waals surface area (Å²) in [5.74, 6) is 0.860. The van der Waals surface area contributed by atoms with E-state index in [1.54, 1.807) is 7.11 Å². The predicted molar refractivity (Wildman–Crippen MR) is 82.5 cm³/mol. The molecule has 0 atom stereocenters. The van der Waals surface area contributed by atoms with Gasteiger partial charge in [-0.25, -0.2) is 0 Å². The maximum Gasteiger partial charge on any atom is 0.216 e. The molecule has 0 radical (unpaired) electrons. The van der Waals surface area contributed by atoms with E-state index in [2.05, 4.69) is 18.3 Å². The number of amides is 1. The normalized spacial score (nSPS) is 9.60. The number of ether oxygens (including phenoxy) is 1. The molecule has 0 unspecified atom stereocenters. The Morgan fingerprint density at radius 3 is 2.50 bits per heavy atom. The summed E-state index contributed by atoms with van der Waals surface area (Å²) >= 11 is 0. The van der Waals surface area contributed by atoms with Crippen molar-refractivity contribution in [2.75, 3.05) is 13.7 Å². The molecule has 20 heavy (non-hydrogen) atoms. The van der Waals surface area contributed by atoms with E-state index in [-0.39, 0.29) is 5.91 Å². The quantitative estimate of drug-likeness (QED) is 0.915. The minimum absolute atomic E-state index is 0.00102. The smallest absolute Gasteiger partial charge is 0.216 e. The SMILES string of the molecule is COc1cc(C)c(CCNC(C)=O)cccccc1C. The zero-order valence-corrected chi connectivity index (χ0v) is 12.7. The van der Waals surface area contributed by atoms with Gasteiger partial charge in [0.1, 0.15) is 5.75 Å². The van der Waals surface area contributed by atoms with E-state index >= 15 is 0 Å². The minimum Gasteiger partial charge on any atom is -0.496 e. The summed E-state index contributed by atoms with van der Waals surface area (Å²) in [7, 11) is 1.68. The Morgan fingerprint density at radius 2 is 1.85 bits per heavy atom. The van der Waals surface area contributed by atoms with Crippen LogP contribution in [0.1, 0.15) is 23.6 Å². The molecule has 0 spiro atoms. The van der Waals surface area contributed by atoms with Crippen molar-refractivity contribution in [1.29, 1.82) is 0 Å². The topological polar surface area (TPSA) is 38.3 Å². The van der Waals surface area contributed by atoms with Crippen molar-refractivity contribution in [3.63, 3.8) is 0 Å². The number of methoxy groups -OCH3 is 1. The molecule has 0 aliphatic carbocycles. The average molecular weight is 273 g/mol. The van der Waals surface area contributed by atoms with Crippen molar-refractivity contribution in [2.24, 2.45) is 0 Å². The first-order valence-electron chi connectivity index (χ1n) is 6.76. The summed E-state index contributed by atoms with van der Waals surface area (Å²) in [5, 5.41) is 2.82. The molecule has 0 saturated carbocycles. The van der Waals surface area contributed by atoms with Crippen LogP contribution in [0.15, 0.2) is 36.4 Å². The highest BCUT2D eigenvalue weighted by atomic mass is 16.5. The van der Waals surface area contributed by atoms with Crippen LogP contribution in [-0.2, 0) is 11.2 Å². The molecule has 0 bridgehead atoms. The second-order valence-corrected chi connectivity index (χ2v) is 4.75. The Kier molecular flexibility index (Phi) is 6.57. The monoisotopic (exact) mass is 273 g/mol. The molecule has 0 fully saturated rings. The molecule has 0 aliphatic rings. The van der Waals surface area contributed by atoms with Gasteiger partial charge in [0.2, 0.25) is 5.91 Å². The van der Waals surface area contributed by atoms with Crippen molar-refractivity contribution >= 4 is 5.91 Å². The largest absolute Gasteiger partial charge is 0.496 e. The third-order valence-corrected chi connectivity index (χ3v) is 3.10. The molecule has 1 aromatic rings. The van der Waals surface area contributed by atoms with Gasteiger partial charge in [-0.3, -0.25) is 4.79 Å². The van der Waals surface area contributed by atoms with Crippen LogP contribution in [0, 0.1) is 13.8 Å². The van der Waals surface area contributed by atoms with Gasteiger partial charge in [0, 0.05) is 13.5 Å². The van der Waals surface area contributed by atoms with E-state index in [1.807, 2.05) is 37.3 Å². The maximum absolute atomic E-state index is 10.9. The lowest BCUT2D eigenvalue weighted by Crippen LogP contribution is -2.22. The fourth-order valence-corrected chi connectivity index (χ4v) is 1.93. The van der Waals surface area contributed by atoms with E-state index < -0.39 is 0 Å². The van der Waals surface area contributed by atoms with Crippen LogP contribution in [0.25, 0.3) is 0 Å². The van der Waals surface area contributed by atoms with Gasteiger partial charge in [0.15, 0.2) is 0 Å². The summed E-state index contributed by atoms with van der Waals surface area (Å²) in [6.07, 6.45) is 0.798. The van der Waals surface area contributed by atoms with Crippen LogP contribution in [0.4, 0.5) is 0 Å². The Hall–Kier alpha value is -2.03. The lowest BCUT2D eigenvalue weighted by molar-refractivity contribution is -0.118. The zero-order valence-electron chi connectivity index (χ0n) is 12.7. The number of aryl methyl sites for hydroxylation is 2. The number of rotatable bonds is 4. The molecule has 1 aromatic carbocycles. The number of carbonyl (C=O) groups is 1.